The highest BCUT2D eigenvalue weighted by Gasteiger charge is 2.50. The van der Waals surface area contributed by atoms with Crippen molar-refractivity contribution in [2.24, 2.45) is 10.9 Å². The summed E-state index contributed by atoms with van der Waals surface area (Å²) >= 11 is 11.9. The van der Waals surface area contributed by atoms with Crippen LogP contribution in [0.15, 0.2) is 47.6 Å². The highest BCUT2D eigenvalue weighted by Crippen LogP contribution is 2.32. The number of alkyl halides is 3. The van der Waals surface area contributed by atoms with Gasteiger partial charge < -0.3 is 0 Å². The third kappa shape index (κ3) is 5.37. The highest BCUT2D eigenvalue weighted by atomic mass is 35.5. The van der Waals surface area contributed by atoms with Crippen LogP contribution in [0.1, 0.15) is 25.8 Å². The Balaban J connectivity index is 2.56. The van der Waals surface area contributed by atoms with Crippen molar-refractivity contribution in [1.29, 1.82) is 0 Å². The van der Waals surface area contributed by atoms with Crippen molar-refractivity contribution in [3.8, 4) is 0 Å². The van der Waals surface area contributed by atoms with E-state index >= 15 is 0 Å². The van der Waals surface area contributed by atoms with Gasteiger partial charge in [-0.3, -0.25) is 5.01 Å². The normalized spacial score (nSPS) is 12.7. The molecule has 0 spiro atoms. The van der Waals surface area contributed by atoms with E-state index in [1.54, 1.807) is 29.3 Å². The molecule has 164 valence electrons. The quantitative estimate of drug-likeness (QED) is 0.335. The third-order valence-corrected chi connectivity index (χ3v) is 5.75. The van der Waals surface area contributed by atoms with Gasteiger partial charge >= 0.3 is 15.5 Å². The van der Waals surface area contributed by atoms with Gasteiger partial charge in [0.1, 0.15) is 0 Å². The summed E-state index contributed by atoms with van der Waals surface area (Å²) in [6.07, 6.45) is 0.716. The second kappa shape index (κ2) is 9.42. The minimum Gasteiger partial charge on any atom is -0.265 e. The largest absolute Gasteiger partial charge is 0.518 e. The molecule has 2 aromatic rings. The fourth-order valence-electron chi connectivity index (χ4n) is 2.53. The summed E-state index contributed by atoms with van der Waals surface area (Å²) in [5.74, 6) is 5.36. The maximum atomic E-state index is 13.0. The Bertz CT molecular complexity index is 1030. The number of anilines is 2. The molecule has 6 nitrogen and oxygen atoms in total. The summed E-state index contributed by atoms with van der Waals surface area (Å²) in [6, 6.07) is 10.4. The second-order valence-electron chi connectivity index (χ2n) is 6.19. The molecule has 12 heteroatoms. The van der Waals surface area contributed by atoms with E-state index in [2.05, 4.69) is 5.10 Å². The minimum absolute atomic E-state index is 0.0351. The van der Waals surface area contributed by atoms with E-state index in [0.717, 1.165) is 6.07 Å². The van der Waals surface area contributed by atoms with Crippen molar-refractivity contribution in [2.75, 3.05) is 16.0 Å². The molecule has 0 unspecified atom stereocenters. The van der Waals surface area contributed by atoms with Crippen LogP contribution in [-0.2, 0) is 10.0 Å². The molecule has 0 heterocycles. The van der Waals surface area contributed by atoms with Crippen LogP contribution in [0.2, 0.25) is 10.0 Å². The van der Waals surface area contributed by atoms with Crippen LogP contribution in [0.5, 0.6) is 0 Å². The van der Waals surface area contributed by atoms with Crippen molar-refractivity contribution in [3.63, 3.8) is 0 Å². The van der Waals surface area contributed by atoms with Gasteiger partial charge in [0.25, 0.3) is 0 Å². The van der Waals surface area contributed by atoms with E-state index in [1.807, 2.05) is 6.92 Å². The second-order valence-corrected chi connectivity index (χ2v) is 8.87. The molecule has 2 rings (SSSR count). The van der Waals surface area contributed by atoms with Gasteiger partial charge in [-0.05, 0) is 55.8 Å². The molecule has 2 N–H and O–H groups in total. The first kappa shape index (κ1) is 24.3. The first-order chi connectivity index (χ1) is 13.9. The molecular weight excluding hydrogens is 464 g/mol. The molecule has 0 aliphatic heterocycles. The Kier molecular flexibility index (Phi) is 7.62. The number of hydrazone groups is 1. The Labute approximate surface area is 182 Å². The monoisotopic (exact) mass is 482 g/mol. The number of sulfonamides is 1. The lowest BCUT2D eigenvalue weighted by molar-refractivity contribution is -0.0438. The van der Waals surface area contributed by atoms with Crippen molar-refractivity contribution in [1.82, 2.24) is 0 Å². The Morgan fingerprint density at radius 3 is 2.20 bits per heavy atom. The number of hydrogen-bond acceptors (Lipinski definition) is 5. The van der Waals surface area contributed by atoms with Crippen LogP contribution < -0.4 is 15.3 Å². The van der Waals surface area contributed by atoms with Crippen molar-refractivity contribution >= 4 is 50.3 Å². The standard InChI is InChI=1S/C18H19Cl2F3N4O2S/c1-3-10-26(15-7-4-13(19)5-8-15)25-12(2)16-11-14(20)6-9-17(16)27(24)30(28,29)18(21,22)23/h4-9,11H,3,10,24H2,1-2H3/b25-12+. The summed E-state index contributed by atoms with van der Waals surface area (Å²) in [4.78, 5) is 0. The fourth-order valence-corrected chi connectivity index (χ4v) is 3.47. The van der Waals surface area contributed by atoms with Gasteiger partial charge in [0.2, 0.25) is 0 Å². The molecule has 0 saturated heterocycles. The summed E-state index contributed by atoms with van der Waals surface area (Å²) < 4.78 is 62.1. The molecule has 0 amide bonds. The zero-order valence-electron chi connectivity index (χ0n) is 16.0. The van der Waals surface area contributed by atoms with E-state index in [4.69, 9.17) is 29.0 Å². The maximum absolute atomic E-state index is 13.0. The summed E-state index contributed by atoms with van der Waals surface area (Å²) in [7, 11) is -5.81. The van der Waals surface area contributed by atoms with Crippen molar-refractivity contribution in [2.45, 2.75) is 25.8 Å². The molecule has 0 bridgehead atoms. The van der Waals surface area contributed by atoms with Gasteiger partial charge in [0.15, 0.2) is 0 Å². The summed E-state index contributed by atoms with van der Waals surface area (Å²) in [6.45, 7) is 3.93. The van der Waals surface area contributed by atoms with Gasteiger partial charge in [-0.25, -0.2) is 5.84 Å². The predicted octanol–water partition coefficient (Wildman–Crippen LogP) is 5.16. The molecule has 30 heavy (non-hydrogen) atoms. The number of nitrogens with two attached hydrogens (primary N) is 1. The van der Waals surface area contributed by atoms with E-state index in [0.29, 0.717) is 23.7 Å². The number of hydrazine groups is 1. The van der Waals surface area contributed by atoms with Crippen LogP contribution >= 0.6 is 23.2 Å². The highest BCUT2D eigenvalue weighted by molar-refractivity contribution is 7.93. The van der Waals surface area contributed by atoms with Crippen LogP contribution in [-0.4, -0.2) is 26.2 Å². The summed E-state index contributed by atoms with van der Waals surface area (Å²) in [5.41, 5.74) is -5.04. The fraction of sp³-hybridized carbons (Fsp3) is 0.278. The lowest BCUT2D eigenvalue weighted by atomic mass is 10.1. The Morgan fingerprint density at radius 2 is 1.67 bits per heavy atom. The predicted molar refractivity (Wildman–Crippen MR) is 114 cm³/mol. The lowest BCUT2D eigenvalue weighted by Crippen LogP contribution is -2.46. The molecule has 0 fully saturated rings. The zero-order chi connectivity index (χ0) is 22.7. The molecule has 0 aliphatic carbocycles. The van der Waals surface area contributed by atoms with Crippen LogP contribution in [0.3, 0.4) is 0 Å². The number of benzene rings is 2. The van der Waals surface area contributed by atoms with E-state index in [-0.39, 0.29) is 20.7 Å². The van der Waals surface area contributed by atoms with Crippen molar-refractivity contribution in [3.05, 3.63) is 58.1 Å². The van der Waals surface area contributed by atoms with Gasteiger partial charge in [-0.2, -0.15) is 31.1 Å². The third-order valence-electron chi connectivity index (χ3n) is 3.97. The Hall–Kier alpha value is -2.01. The smallest absolute Gasteiger partial charge is 0.265 e. The minimum atomic E-state index is -5.81. The van der Waals surface area contributed by atoms with Gasteiger partial charge in [0, 0.05) is 22.2 Å². The summed E-state index contributed by atoms with van der Waals surface area (Å²) in [5, 5.41) is 6.78. The first-order valence-electron chi connectivity index (χ1n) is 8.63. The molecule has 2 aromatic carbocycles. The molecular formula is C18H19Cl2F3N4O2S. The molecule has 0 atom stereocenters. The van der Waals surface area contributed by atoms with Gasteiger partial charge in [-0.1, -0.05) is 30.1 Å². The average Bonchev–Trinajstić information content (AvgIpc) is 2.66. The van der Waals surface area contributed by atoms with Crippen molar-refractivity contribution < 1.29 is 21.6 Å². The zero-order valence-corrected chi connectivity index (χ0v) is 18.3. The van der Waals surface area contributed by atoms with Gasteiger partial charge in [0.05, 0.1) is 17.1 Å². The topological polar surface area (TPSA) is 79.0 Å². The number of halogens is 5. The lowest BCUT2D eigenvalue weighted by Gasteiger charge is -2.24. The number of hydrogen-bond donors (Lipinski definition) is 1. The van der Waals surface area contributed by atoms with E-state index < -0.39 is 21.2 Å². The average molecular weight is 483 g/mol. The van der Waals surface area contributed by atoms with Crippen LogP contribution in [0.4, 0.5) is 24.5 Å². The maximum Gasteiger partial charge on any atom is 0.518 e. The first-order valence-corrected chi connectivity index (χ1v) is 10.8. The van der Waals surface area contributed by atoms with Crippen LogP contribution in [0.25, 0.3) is 0 Å². The molecule has 0 aliphatic rings. The number of nitrogens with zero attached hydrogens (tertiary/aromatic N) is 3. The molecule has 0 aromatic heterocycles. The number of rotatable bonds is 7. The van der Waals surface area contributed by atoms with Gasteiger partial charge in [-0.15, -0.1) is 0 Å². The van der Waals surface area contributed by atoms with E-state index in [1.165, 1.54) is 19.1 Å². The van der Waals surface area contributed by atoms with Crippen LogP contribution in [0, 0.1) is 0 Å². The Morgan fingerprint density at radius 1 is 1.10 bits per heavy atom. The van der Waals surface area contributed by atoms with E-state index in [9.17, 15) is 21.6 Å². The molecule has 0 radical (unpaired) electrons. The molecule has 0 saturated carbocycles. The SMILES string of the molecule is CCCN(/N=C(\C)c1cc(Cl)ccc1N(N)S(=O)(=O)C(F)(F)F)c1ccc(Cl)cc1.